The zero-order valence-electron chi connectivity index (χ0n) is 20.3. The highest BCUT2D eigenvalue weighted by Crippen LogP contribution is 2.44. The van der Waals surface area contributed by atoms with Crippen LogP contribution in [0.25, 0.3) is 0 Å². The van der Waals surface area contributed by atoms with Crippen LogP contribution in [0.2, 0.25) is 0 Å². The molecule has 0 radical (unpaired) electrons. The van der Waals surface area contributed by atoms with Crippen LogP contribution < -0.4 is 9.47 Å². The van der Waals surface area contributed by atoms with Gasteiger partial charge in [-0.3, -0.25) is 9.59 Å². The first-order chi connectivity index (χ1) is 15.4. The van der Waals surface area contributed by atoms with Crippen molar-refractivity contribution in [3.05, 3.63) is 9.75 Å². The summed E-state index contributed by atoms with van der Waals surface area (Å²) in [4.78, 5) is 26.7. The van der Waals surface area contributed by atoms with Gasteiger partial charge in [0.15, 0.2) is 11.5 Å². The highest BCUT2D eigenvalue weighted by molar-refractivity contribution is 7.12. The molecular weight excluding hydrogens is 428 g/mol. The summed E-state index contributed by atoms with van der Waals surface area (Å²) in [6, 6.07) is 0. The van der Waals surface area contributed by atoms with Crippen LogP contribution in [0.3, 0.4) is 0 Å². The van der Waals surface area contributed by atoms with Crippen molar-refractivity contribution >= 4 is 23.3 Å². The first-order valence-electron chi connectivity index (χ1n) is 12.1. The minimum atomic E-state index is -0.728. The fourth-order valence-corrected chi connectivity index (χ4v) is 4.63. The average Bonchev–Trinajstić information content (AvgIpc) is 2.93. The van der Waals surface area contributed by atoms with Crippen LogP contribution in [0.4, 0.5) is 0 Å². The highest BCUT2D eigenvalue weighted by Gasteiger charge is 2.40. The van der Waals surface area contributed by atoms with Crippen LogP contribution in [0.15, 0.2) is 0 Å². The van der Waals surface area contributed by atoms with E-state index in [1.165, 1.54) is 0 Å². The molecule has 0 unspecified atom stereocenters. The molecule has 0 aliphatic carbocycles. The molecule has 1 aliphatic heterocycles. The third-order valence-corrected chi connectivity index (χ3v) is 6.73. The quantitative estimate of drug-likeness (QED) is 0.241. The number of carbonyl (C=O) groups excluding carboxylic acids is 2. The first kappa shape index (κ1) is 26.5. The molecule has 6 nitrogen and oxygen atoms in total. The van der Waals surface area contributed by atoms with E-state index >= 15 is 0 Å². The van der Waals surface area contributed by atoms with Crippen molar-refractivity contribution in [3.63, 3.8) is 0 Å². The van der Waals surface area contributed by atoms with Gasteiger partial charge in [-0.1, -0.05) is 52.4 Å². The van der Waals surface area contributed by atoms with E-state index in [2.05, 4.69) is 13.8 Å². The molecule has 32 heavy (non-hydrogen) atoms. The van der Waals surface area contributed by atoms with Crippen molar-refractivity contribution in [2.75, 3.05) is 26.4 Å². The van der Waals surface area contributed by atoms with E-state index in [0.29, 0.717) is 12.8 Å². The topological polar surface area (TPSA) is 71.1 Å². The van der Waals surface area contributed by atoms with E-state index in [-0.39, 0.29) is 38.4 Å². The maximum absolute atomic E-state index is 12.3. The summed E-state index contributed by atoms with van der Waals surface area (Å²) < 4.78 is 23.4. The molecule has 2 rings (SSSR count). The number of aryl methyl sites for hydroxylation is 2. The summed E-state index contributed by atoms with van der Waals surface area (Å²) in [5.41, 5.74) is -0.728. The molecule has 0 amide bonds. The summed E-state index contributed by atoms with van der Waals surface area (Å²) in [6.07, 6.45) is 9.00. The molecular formula is C25H40O6S. The van der Waals surface area contributed by atoms with Crippen LogP contribution in [-0.4, -0.2) is 38.4 Å². The van der Waals surface area contributed by atoms with Gasteiger partial charge in [0.05, 0.1) is 0 Å². The third-order valence-electron chi connectivity index (χ3n) is 5.74. The van der Waals surface area contributed by atoms with E-state index < -0.39 is 5.41 Å². The minimum absolute atomic E-state index is 0.106. The van der Waals surface area contributed by atoms with Crippen LogP contribution in [0.5, 0.6) is 11.5 Å². The molecule has 1 aliphatic rings. The zero-order chi connectivity index (χ0) is 23.4. The Morgan fingerprint density at radius 1 is 0.781 bits per heavy atom. The Kier molecular flexibility index (Phi) is 11.4. The Labute approximate surface area is 197 Å². The maximum atomic E-state index is 12.3. The number of rotatable bonds is 14. The smallest absolute Gasteiger partial charge is 0.305 e. The number of hydrogen-bond donors (Lipinski definition) is 0. The van der Waals surface area contributed by atoms with Gasteiger partial charge >= 0.3 is 11.9 Å². The molecule has 2 heterocycles. The second kappa shape index (κ2) is 13.7. The lowest BCUT2D eigenvalue weighted by atomic mass is 9.92. The van der Waals surface area contributed by atoms with Crippen molar-refractivity contribution in [2.24, 2.45) is 5.41 Å². The number of carbonyl (C=O) groups is 2. The normalized spacial score (nSPS) is 14.6. The number of thiophene rings is 1. The molecule has 0 atom stereocenters. The van der Waals surface area contributed by atoms with Gasteiger partial charge in [-0.2, -0.15) is 0 Å². The number of esters is 2. The molecule has 182 valence electrons. The van der Waals surface area contributed by atoms with Crippen LogP contribution in [0, 0.1) is 19.3 Å². The van der Waals surface area contributed by atoms with Gasteiger partial charge in [-0.25, -0.2) is 0 Å². The van der Waals surface area contributed by atoms with E-state index in [1.54, 1.807) is 11.3 Å². The number of fused-ring (bicyclic) bond motifs is 1. The van der Waals surface area contributed by atoms with Crippen molar-refractivity contribution in [1.82, 2.24) is 0 Å². The van der Waals surface area contributed by atoms with Gasteiger partial charge in [0.25, 0.3) is 0 Å². The van der Waals surface area contributed by atoms with E-state index in [9.17, 15) is 9.59 Å². The molecule has 0 saturated heterocycles. The number of unbranched alkanes of at least 4 members (excludes halogenated alkanes) is 6. The van der Waals surface area contributed by atoms with Gasteiger partial charge in [0, 0.05) is 22.6 Å². The molecule has 0 spiro atoms. The Bertz CT molecular complexity index is 668. The van der Waals surface area contributed by atoms with Gasteiger partial charge < -0.3 is 18.9 Å². The minimum Gasteiger partial charge on any atom is -0.488 e. The second-order valence-corrected chi connectivity index (χ2v) is 10.3. The molecule has 0 bridgehead atoms. The Morgan fingerprint density at radius 3 is 1.62 bits per heavy atom. The second-order valence-electron chi connectivity index (χ2n) is 8.89. The lowest BCUT2D eigenvalue weighted by Crippen LogP contribution is -2.43. The predicted molar refractivity (Wildman–Crippen MR) is 127 cm³/mol. The first-order valence-corrected chi connectivity index (χ1v) is 12.9. The third kappa shape index (κ3) is 8.30. The van der Waals surface area contributed by atoms with Crippen molar-refractivity contribution < 1.29 is 28.5 Å². The van der Waals surface area contributed by atoms with Crippen LogP contribution in [-0.2, 0) is 19.1 Å². The van der Waals surface area contributed by atoms with Gasteiger partial charge in [0.1, 0.15) is 31.8 Å². The lowest BCUT2D eigenvalue weighted by Gasteiger charge is -2.30. The predicted octanol–water partition coefficient (Wildman–Crippen LogP) is 6.15. The maximum Gasteiger partial charge on any atom is 0.305 e. The van der Waals surface area contributed by atoms with Gasteiger partial charge in [-0.15, -0.1) is 11.3 Å². The molecule has 1 aromatic heterocycles. The van der Waals surface area contributed by atoms with Crippen molar-refractivity contribution in [1.29, 1.82) is 0 Å². The monoisotopic (exact) mass is 468 g/mol. The summed E-state index contributed by atoms with van der Waals surface area (Å²) in [5.74, 6) is 1.03. The SMILES string of the molecule is CCCCCCC(=O)OCC1(COC(=O)CCCCCC)COc2c(C)sc(C)c2OC1. The van der Waals surface area contributed by atoms with Crippen LogP contribution in [0.1, 0.15) is 87.8 Å². The van der Waals surface area contributed by atoms with Crippen molar-refractivity contribution in [2.45, 2.75) is 91.9 Å². The molecule has 1 aromatic rings. The summed E-state index contributed by atoms with van der Waals surface area (Å²) in [7, 11) is 0. The number of ether oxygens (including phenoxy) is 4. The van der Waals surface area contributed by atoms with Gasteiger partial charge in [0.2, 0.25) is 0 Å². The highest BCUT2D eigenvalue weighted by atomic mass is 32.1. The van der Waals surface area contributed by atoms with Crippen molar-refractivity contribution in [3.8, 4) is 11.5 Å². The summed E-state index contributed by atoms with van der Waals surface area (Å²) >= 11 is 1.64. The lowest BCUT2D eigenvalue weighted by molar-refractivity contribution is -0.157. The Morgan fingerprint density at radius 2 is 1.22 bits per heavy atom. The fraction of sp³-hybridized carbons (Fsp3) is 0.760. The average molecular weight is 469 g/mol. The number of hydrogen-bond acceptors (Lipinski definition) is 7. The molecule has 0 saturated carbocycles. The van der Waals surface area contributed by atoms with Gasteiger partial charge in [-0.05, 0) is 26.7 Å². The molecule has 0 fully saturated rings. The Hall–Kier alpha value is -1.76. The zero-order valence-corrected chi connectivity index (χ0v) is 21.1. The Balaban J connectivity index is 1.97. The molecule has 0 aromatic carbocycles. The van der Waals surface area contributed by atoms with E-state index in [0.717, 1.165) is 72.6 Å². The van der Waals surface area contributed by atoms with E-state index in [1.807, 2.05) is 13.8 Å². The standard InChI is InChI=1S/C25H40O6S/c1-5-7-9-11-13-21(26)28-15-25(16-29-22(27)14-12-10-8-6-2)17-30-23-19(3)32-20(4)24(23)31-18-25/h5-18H2,1-4H3. The fourth-order valence-electron chi connectivity index (χ4n) is 3.68. The summed E-state index contributed by atoms with van der Waals surface area (Å²) in [5, 5.41) is 0. The van der Waals surface area contributed by atoms with Crippen LogP contribution >= 0.6 is 11.3 Å². The summed E-state index contributed by atoms with van der Waals surface area (Å²) in [6.45, 7) is 9.03. The molecule has 0 N–H and O–H groups in total. The largest absolute Gasteiger partial charge is 0.488 e. The molecule has 7 heteroatoms. The van der Waals surface area contributed by atoms with E-state index in [4.69, 9.17) is 18.9 Å².